The molecule has 0 heterocycles. The van der Waals surface area contributed by atoms with Gasteiger partial charge >= 0.3 is 0 Å². The molecule has 1 spiro atoms. The van der Waals surface area contributed by atoms with Crippen molar-refractivity contribution in [2.24, 2.45) is 40.4 Å². The van der Waals surface area contributed by atoms with Crippen molar-refractivity contribution < 1.29 is 0 Å². The highest BCUT2D eigenvalue weighted by molar-refractivity contribution is 5.15. The molecule has 5 aliphatic rings. The zero-order valence-electron chi connectivity index (χ0n) is 15.3. The quantitative estimate of drug-likeness (QED) is 0.434. The van der Waals surface area contributed by atoms with Gasteiger partial charge in [0.25, 0.3) is 0 Å². The molecule has 5 aliphatic carbocycles. The molecule has 0 aromatic rings. The number of allylic oxidation sites excluding steroid dienone is 1. The van der Waals surface area contributed by atoms with Crippen molar-refractivity contribution in [1.29, 1.82) is 0 Å². The Morgan fingerprint density at radius 2 is 1.70 bits per heavy atom. The first-order chi connectivity index (χ1) is 11.1. The zero-order chi connectivity index (χ0) is 15.7. The number of hydrogen-bond donors (Lipinski definition) is 0. The molecule has 5 fully saturated rings. The van der Waals surface area contributed by atoms with Gasteiger partial charge in [-0.1, -0.05) is 31.9 Å². The van der Waals surface area contributed by atoms with Gasteiger partial charge in [-0.15, -0.1) is 0 Å². The van der Waals surface area contributed by atoms with Gasteiger partial charge in [-0.2, -0.15) is 0 Å². The summed E-state index contributed by atoms with van der Waals surface area (Å²) in [6, 6.07) is 0. The van der Waals surface area contributed by atoms with Crippen LogP contribution >= 0.6 is 0 Å². The normalized spacial score (nSPS) is 55.5. The Morgan fingerprint density at radius 3 is 2.61 bits per heavy atom. The lowest BCUT2D eigenvalue weighted by molar-refractivity contribution is -0.120. The van der Waals surface area contributed by atoms with E-state index in [0.29, 0.717) is 0 Å². The van der Waals surface area contributed by atoms with Gasteiger partial charge in [0, 0.05) is 0 Å². The SMILES string of the molecule is C=C1CCC23CCC4C(CCC5CCCCC54C)C2CCC3C1. The molecule has 23 heavy (non-hydrogen) atoms. The standard InChI is InChI=1S/C23H36/c1-16-10-13-23-14-11-20-19(21(23)9-7-18(23)15-16)8-6-17-5-3-4-12-22(17,20)2/h17-21H,1,3-15H2,2H3. The molecule has 0 aromatic carbocycles. The van der Waals surface area contributed by atoms with Gasteiger partial charge in [-0.3, -0.25) is 0 Å². The number of rotatable bonds is 0. The highest BCUT2D eigenvalue weighted by Crippen LogP contribution is 2.70. The van der Waals surface area contributed by atoms with Crippen molar-refractivity contribution in [2.45, 2.75) is 90.4 Å². The van der Waals surface area contributed by atoms with Gasteiger partial charge in [-0.25, -0.2) is 0 Å². The molecule has 0 heteroatoms. The minimum absolute atomic E-state index is 0.721. The Bertz CT molecular complexity index is 504. The van der Waals surface area contributed by atoms with E-state index in [9.17, 15) is 0 Å². The smallest absolute Gasteiger partial charge is 0.0232 e. The van der Waals surface area contributed by atoms with Gasteiger partial charge in [0.05, 0.1) is 0 Å². The molecule has 0 nitrogen and oxygen atoms in total. The predicted octanol–water partition coefficient (Wildman–Crippen LogP) is 6.76. The summed E-state index contributed by atoms with van der Waals surface area (Å²) in [4.78, 5) is 0. The van der Waals surface area contributed by atoms with E-state index in [0.717, 1.165) is 40.4 Å². The van der Waals surface area contributed by atoms with Crippen LogP contribution in [0.5, 0.6) is 0 Å². The molecule has 0 amide bonds. The summed E-state index contributed by atoms with van der Waals surface area (Å²) in [7, 11) is 0. The van der Waals surface area contributed by atoms with Crippen LogP contribution in [0, 0.1) is 40.4 Å². The van der Waals surface area contributed by atoms with Crippen LogP contribution in [0.3, 0.4) is 0 Å². The molecule has 0 saturated heterocycles. The lowest BCUT2D eigenvalue weighted by Gasteiger charge is -2.62. The summed E-state index contributed by atoms with van der Waals surface area (Å²) in [6.07, 6.45) is 19.8. The third-order valence-corrected chi connectivity index (χ3v) is 9.96. The Labute approximate surface area is 143 Å². The average Bonchev–Trinajstić information content (AvgIpc) is 2.93. The van der Waals surface area contributed by atoms with Crippen LogP contribution in [0.1, 0.15) is 90.4 Å². The zero-order valence-corrected chi connectivity index (χ0v) is 15.3. The third kappa shape index (κ3) is 1.96. The largest absolute Gasteiger partial charge is 0.0999 e. The topological polar surface area (TPSA) is 0 Å². The highest BCUT2D eigenvalue weighted by Gasteiger charge is 2.61. The first-order valence-electron chi connectivity index (χ1n) is 10.8. The second-order valence-electron chi connectivity index (χ2n) is 10.4. The molecular formula is C23H36. The molecule has 5 rings (SSSR count). The third-order valence-electron chi connectivity index (χ3n) is 9.96. The van der Waals surface area contributed by atoms with Gasteiger partial charge in [-0.05, 0) is 111 Å². The van der Waals surface area contributed by atoms with Gasteiger partial charge in [0.1, 0.15) is 0 Å². The summed E-state index contributed by atoms with van der Waals surface area (Å²) >= 11 is 0. The maximum Gasteiger partial charge on any atom is -0.0232 e. The van der Waals surface area contributed by atoms with Crippen LogP contribution in [0.4, 0.5) is 0 Å². The molecule has 5 saturated carbocycles. The van der Waals surface area contributed by atoms with Crippen LogP contribution in [-0.2, 0) is 0 Å². The van der Waals surface area contributed by atoms with Crippen molar-refractivity contribution in [3.05, 3.63) is 12.2 Å². The number of fused-ring (bicyclic) bond motifs is 4. The van der Waals surface area contributed by atoms with Gasteiger partial charge in [0.15, 0.2) is 0 Å². The Hall–Kier alpha value is -0.260. The van der Waals surface area contributed by atoms with Crippen LogP contribution in [0.15, 0.2) is 12.2 Å². The summed E-state index contributed by atoms with van der Waals surface area (Å²) in [6.45, 7) is 7.08. The fourth-order valence-corrected chi connectivity index (χ4v) is 8.89. The minimum Gasteiger partial charge on any atom is -0.0999 e. The van der Waals surface area contributed by atoms with Crippen molar-refractivity contribution in [3.63, 3.8) is 0 Å². The number of hydrogen-bond acceptors (Lipinski definition) is 0. The molecule has 0 aromatic heterocycles. The minimum atomic E-state index is 0.721. The van der Waals surface area contributed by atoms with Crippen LogP contribution in [-0.4, -0.2) is 0 Å². The second-order valence-corrected chi connectivity index (χ2v) is 10.4. The first kappa shape index (κ1) is 15.0. The molecule has 7 atom stereocenters. The van der Waals surface area contributed by atoms with E-state index in [2.05, 4.69) is 13.5 Å². The maximum atomic E-state index is 4.36. The van der Waals surface area contributed by atoms with E-state index in [-0.39, 0.29) is 0 Å². The first-order valence-corrected chi connectivity index (χ1v) is 10.8. The molecule has 0 N–H and O–H groups in total. The van der Waals surface area contributed by atoms with E-state index in [1.165, 1.54) is 38.5 Å². The molecule has 0 radical (unpaired) electrons. The van der Waals surface area contributed by atoms with Crippen molar-refractivity contribution in [1.82, 2.24) is 0 Å². The summed E-state index contributed by atoms with van der Waals surface area (Å²) in [5, 5.41) is 0. The monoisotopic (exact) mass is 312 g/mol. The molecule has 128 valence electrons. The van der Waals surface area contributed by atoms with Gasteiger partial charge < -0.3 is 0 Å². The Morgan fingerprint density at radius 1 is 0.826 bits per heavy atom. The van der Waals surface area contributed by atoms with Crippen LogP contribution in [0.2, 0.25) is 0 Å². The van der Waals surface area contributed by atoms with E-state index >= 15 is 0 Å². The molecule has 7 unspecified atom stereocenters. The van der Waals surface area contributed by atoms with Crippen molar-refractivity contribution >= 4 is 0 Å². The van der Waals surface area contributed by atoms with E-state index in [4.69, 9.17) is 0 Å². The van der Waals surface area contributed by atoms with E-state index in [1.54, 1.807) is 50.5 Å². The average molecular weight is 313 g/mol. The van der Waals surface area contributed by atoms with Crippen LogP contribution < -0.4 is 0 Å². The highest BCUT2D eigenvalue weighted by atomic mass is 14.7. The molecule has 0 aliphatic heterocycles. The Kier molecular flexibility index (Phi) is 3.35. The Balaban J connectivity index is 1.46. The summed E-state index contributed by atoms with van der Waals surface area (Å²) in [5.74, 6) is 5.38. The predicted molar refractivity (Wildman–Crippen MR) is 97.2 cm³/mol. The lowest BCUT2D eigenvalue weighted by Crippen LogP contribution is -2.53. The molecular weight excluding hydrogens is 276 g/mol. The fraction of sp³-hybridized carbons (Fsp3) is 0.913. The van der Waals surface area contributed by atoms with Crippen molar-refractivity contribution in [3.8, 4) is 0 Å². The lowest BCUT2D eigenvalue weighted by atomic mass is 9.43. The maximum absolute atomic E-state index is 4.36. The molecule has 0 bridgehead atoms. The van der Waals surface area contributed by atoms with Crippen LogP contribution in [0.25, 0.3) is 0 Å². The summed E-state index contributed by atoms with van der Waals surface area (Å²) in [5.41, 5.74) is 3.06. The van der Waals surface area contributed by atoms with E-state index < -0.39 is 0 Å². The van der Waals surface area contributed by atoms with E-state index in [1.807, 2.05) is 0 Å². The summed E-state index contributed by atoms with van der Waals surface area (Å²) < 4.78 is 0. The van der Waals surface area contributed by atoms with Gasteiger partial charge in [0.2, 0.25) is 0 Å². The van der Waals surface area contributed by atoms with Crippen molar-refractivity contribution in [2.75, 3.05) is 0 Å². The second kappa shape index (κ2) is 5.12. The fourth-order valence-electron chi connectivity index (χ4n) is 8.89.